The van der Waals surface area contributed by atoms with Crippen LogP contribution in [-0.2, 0) is 0 Å². The largest absolute Gasteiger partial charge is 0.494 e. The van der Waals surface area contributed by atoms with Crippen LogP contribution in [0.15, 0.2) is 54.6 Å². The third kappa shape index (κ3) is 4.77. The molecule has 0 unspecified atom stereocenters. The maximum Gasteiger partial charge on any atom is 0.292 e. The average molecular weight is 504 g/mol. The van der Waals surface area contributed by atoms with Gasteiger partial charge < -0.3 is 26.0 Å². The van der Waals surface area contributed by atoms with Gasteiger partial charge in [0.1, 0.15) is 5.69 Å². The van der Waals surface area contributed by atoms with E-state index in [0.717, 1.165) is 37.3 Å². The van der Waals surface area contributed by atoms with E-state index in [0.29, 0.717) is 0 Å². The molecule has 4 rings (SSSR count). The number of anilines is 4. The number of piperidine rings is 1. The van der Waals surface area contributed by atoms with Gasteiger partial charge in [-0.25, -0.2) is 0 Å². The second kappa shape index (κ2) is 10.6. The van der Waals surface area contributed by atoms with Crippen molar-refractivity contribution < 1.29 is 19.2 Å². The van der Waals surface area contributed by atoms with Gasteiger partial charge in [0.25, 0.3) is 11.6 Å². The summed E-state index contributed by atoms with van der Waals surface area (Å²) in [5.74, 6) is -0.971. The van der Waals surface area contributed by atoms with Gasteiger partial charge in [0, 0.05) is 26.2 Å². The third-order valence-electron chi connectivity index (χ3n) is 6.64. The highest BCUT2D eigenvalue weighted by Crippen LogP contribution is 2.36. The number of nitrogen functional groups attached to an aromatic ring is 2. The van der Waals surface area contributed by atoms with E-state index in [2.05, 4.69) is 4.90 Å². The number of methoxy groups -OCH3 is 1. The standard InChI is InChI=1S/C27H29N5O5/c1-30(20-10-4-5-11-21(20)31-15-6-3-7-16-31)27(34)18-13-14-19(26(37-2)24(18)29)25(33)17-9-8-12-22(23(17)28)32(35)36/h4-5,8-14H,3,6-7,15-16,28-29H2,1-2H3. The first-order valence-corrected chi connectivity index (χ1v) is 11.9. The summed E-state index contributed by atoms with van der Waals surface area (Å²) in [5, 5.41) is 11.3. The molecule has 0 aromatic heterocycles. The minimum atomic E-state index is -0.656. The van der Waals surface area contributed by atoms with E-state index < -0.39 is 10.7 Å². The minimum absolute atomic E-state index is 0.000489. The molecule has 10 nitrogen and oxygen atoms in total. The fourth-order valence-corrected chi connectivity index (χ4v) is 4.68. The summed E-state index contributed by atoms with van der Waals surface area (Å²) >= 11 is 0. The Bertz CT molecular complexity index is 1370. The predicted octanol–water partition coefficient (Wildman–Crippen LogP) is 4.27. The number of rotatable bonds is 7. The lowest BCUT2D eigenvalue weighted by atomic mass is 9.97. The summed E-state index contributed by atoms with van der Waals surface area (Å²) in [4.78, 5) is 41.3. The number of nitro groups is 1. The first kappa shape index (κ1) is 25.5. The number of para-hydroxylation sites is 3. The number of hydrogen-bond donors (Lipinski definition) is 2. The van der Waals surface area contributed by atoms with Crippen molar-refractivity contribution in [2.75, 3.05) is 48.5 Å². The molecular weight excluding hydrogens is 474 g/mol. The van der Waals surface area contributed by atoms with Crippen LogP contribution in [0.1, 0.15) is 45.5 Å². The summed E-state index contributed by atoms with van der Waals surface area (Å²) in [7, 11) is 3.02. The molecular formula is C27H29N5O5. The lowest BCUT2D eigenvalue weighted by Gasteiger charge is -2.32. The Hall–Kier alpha value is -4.60. The van der Waals surface area contributed by atoms with Crippen LogP contribution >= 0.6 is 0 Å². The first-order valence-electron chi connectivity index (χ1n) is 11.9. The van der Waals surface area contributed by atoms with Gasteiger partial charge in [-0.1, -0.05) is 18.2 Å². The van der Waals surface area contributed by atoms with Gasteiger partial charge in [-0.05, 0) is 49.6 Å². The molecule has 1 aliphatic heterocycles. The number of ether oxygens (including phenoxy) is 1. The number of ketones is 1. The molecule has 1 saturated heterocycles. The molecule has 1 aliphatic rings. The number of carbonyl (C=O) groups excluding carboxylic acids is 2. The van der Waals surface area contributed by atoms with Gasteiger partial charge in [-0.2, -0.15) is 0 Å². The van der Waals surface area contributed by atoms with Crippen molar-refractivity contribution in [3.8, 4) is 5.75 Å². The quantitative estimate of drug-likeness (QED) is 0.210. The van der Waals surface area contributed by atoms with Gasteiger partial charge in [-0.3, -0.25) is 19.7 Å². The van der Waals surface area contributed by atoms with Crippen molar-refractivity contribution in [1.29, 1.82) is 0 Å². The molecule has 0 bridgehead atoms. The van der Waals surface area contributed by atoms with Gasteiger partial charge in [-0.15, -0.1) is 0 Å². The van der Waals surface area contributed by atoms with Crippen LogP contribution in [0.3, 0.4) is 0 Å². The molecule has 0 radical (unpaired) electrons. The zero-order valence-electron chi connectivity index (χ0n) is 20.8. The van der Waals surface area contributed by atoms with E-state index in [1.54, 1.807) is 7.05 Å². The Morgan fingerprint density at radius 2 is 1.59 bits per heavy atom. The summed E-state index contributed by atoms with van der Waals surface area (Å²) in [5.41, 5.74) is 13.5. The SMILES string of the molecule is COc1c(C(=O)c2cccc([N+](=O)[O-])c2N)ccc(C(=O)N(C)c2ccccc2N2CCCCC2)c1N. The third-order valence-corrected chi connectivity index (χ3v) is 6.64. The Kier molecular flexibility index (Phi) is 7.28. The van der Waals surface area contributed by atoms with E-state index in [1.807, 2.05) is 24.3 Å². The molecule has 1 heterocycles. The van der Waals surface area contributed by atoms with Crippen molar-refractivity contribution >= 4 is 40.1 Å². The van der Waals surface area contributed by atoms with Crippen LogP contribution in [0.25, 0.3) is 0 Å². The molecule has 0 saturated carbocycles. The number of nitrogens with two attached hydrogens (primary N) is 2. The summed E-state index contributed by atoms with van der Waals surface area (Å²) < 4.78 is 5.43. The lowest BCUT2D eigenvalue weighted by molar-refractivity contribution is -0.383. The zero-order valence-corrected chi connectivity index (χ0v) is 20.8. The molecule has 1 fully saturated rings. The molecule has 10 heteroatoms. The van der Waals surface area contributed by atoms with Crippen molar-refractivity contribution in [1.82, 2.24) is 0 Å². The minimum Gasteiger partial charge on any atom is -0.494 e. The van der Waals surface area contributed by atoms with E-state index in [4.69, 9.17) is 16.2 Å². The molecule has 0 aliphatic carbocycles. The van der Waals surface area contributed by atoms with Gasteiger partial charge >= 0.3 is 0 Å². The zero-order chi connectivity index (χ0) is 26.7. The predicted molar refractivity (Wildman–Crippen MR) is 144 cm³/mol. The highest BCUT2D eigenvalue weighted by molar-refractivity contribution is 6.17. The normalized spacial score (nSPS) is 13.2. The highest BCUT2D eigenvalue weighted by atomic mass is 16.6. The highest BCUT2D eigenvalue weighted by Gasteiger charge is 2.27. The Morgan fingerprint density at radius 3 is 2.27 bits per heavy atom. The van der Waals surface area contributed by atoms with Crippen LogP contribution in [0, 0.1) is 10.1 Å². The molecule has 3 aromatic rings. The number of amides is 1. The van der Waals surface area contributed by atoms with Crippen LogP contribution in [-0.4, -0.2) is 43.9 Å². The Labute approximate surface area is 214 Å². The maximum absolute atomic E-state index is 13.6. The fourth-order valence-electron chi connectivity index (χ4n) is 4.68. The topological polar surface area (TPSA) is 145 Å². The number of benzene rings is 3. The summed E-state index contributed by atoms with van der Waals surface area (Å²) in [6.45, 7) is 1.85. The molecule has 1 amide bonds. The molecule has 0 atom stereocenters. The molecule has 3 aromatic carbocycles. The smallest absolute Gasteiger partial charge is 0.292 e. The van der Waals surface area contributed by atoms with Crippen molar-refractivity contribution in [3.05, 3.63) is 81.4 Å². The second-order valence-electron chi connectivity index (χ2n) is 8.83. The van der Waals surface area contributed by atoms with Crippen LogP contribution in [0.4, 0.5) is 28.4 Å². The maximum atomic E-state index is 13.6. The molecule has 192 valence electrons. The van der Waals surface area contributed by atoms with Crippen LogP contribution in [0.2, 0.25) is 0 Å². The summed E-state index contributed by atoms with van der Waals surface area (Å²) in [6, 6.07) is 14.6. The van der Waals surface area contributed by atoms with Gasteiger partial charge in [0.2, 0.25) is 0 Å². The number of carbonyl (C=O) groups is 2. The van der Waals surface area contributed by atoms with Crippen molar-refractivity contribution in [3.63, 3.8) is 0 Å². The second-order valence-corrected chi connectivity index (χ2v) is 8.83. The van der Waals surface area contributed by atoms with E-state index >= 15 is 0 Å². The number of nitro benzene ring substituents is 1. The lowest BCUT2D eigenvalue weighted by Crippen LogP contribution is -2.33. The molecule has 37 heavy (non-hydrogen) atoms. The fraction of sp³-hybridized carbons (Fsp3) is 0.259. The Morgan fingerprint density at radius 1 is 0.919 bits per heavy atom. The van der Waals surface area contributed by atoms with Crippen molar-refractivity contribution in [2.24, 2.45) is 0 Å². The monoisotopic (exact) mass is 503 g/mol. The average Bonchev–Trinajstić information content (AvgIpc) is 2.92. The van der Waals surface area contributed by atoms with Gasteiger partial charge in [0.15, 0.2) is 11.5 Å². The van der Waals surface area contributed by atoms with E-state index in [9.17, 15) is 19.7 Å². The number of hydrogen-bond acceptors (Lipinski definition) is 8. The molecule has 4 N–H and O–H groups in total. The first-order chi connectivity index (χ1) is 17.8. The molecule has 0 spiro atoms. The summed E-state index contributed by atoms with van der Waals surface area (Å²) in [6.07, 6.45) is 3.39. The van der Waals surface area contributed by atoms with Crippen LogP contribution in [0.5, 0.6) is 5.75 Å². The van der Waals surface area contributed by atoms with E-state index in [1.165, 1.54) is 48.8 Å². The van der Waals surface area contributed by atoms with Gasteiger partial charge in [0.05, 0.1) is 45.8 Å². The Balaban J connectivity index is 1.70. The van der Waals surface area contributed by atoms with E-state index in [-0.39, 0.29) is 45.4 Å². The number of nitrogens with zero attached hydrogens (tertiary/aromatic N) is 3. The van der Waals surface area contributed by atoms with Crippen molar-refractivity contribution in [2.45, 2.75) is 19.3 Å². The van der Waals surface area contributed by atoms with Crippen LogP contribution < -0.4 is 26.0 Å².